The fraction of sp³-hybridized carbons (Fsp3) is 0.394. The van der Waals surface area contributed by atoms with Crippen molar-refractivity contribution in [3.63, 3.8) is 0 Å². The van der Waals surface area contributed by atoms with Crippen molar-refractivity contribution in [2.24, 2.45) is 10.8 Å². The summed E-state index contributed by atoms with van der Waals surface area (Å²) in [6.07, 6.45) is -9.16. The van der Waals surface area contributed by atoms with Gasteiger partial charge >= 0.3 is 12.4 Å². The van der Waals surface area contributed by atoms with Gasteiger partial charge in [-0.3, -0.25) is 31.8 Å². The fourth-order valence-corrected chi connectivity index (χ4v) is 11.2. The molecule has 2 aromatic rings. The van der Waals surface area contributed by atoms with Gasteiger partial charge in [-0.15, -0.1) is 11.2 Å². The zero-order valence-corrected chi connectivity index (χ0v) is 30.7. The van der Waals surface area contributed by atoms with E-state index in [2.05, 4.69) is 0 Å². The van der Waals surface area contributed by atoms with E-state index in [0.717, 1.165) is 12.4 Å². The lowest BCUT2D eigenvalue weighted by Crippen LogP contribution is -2.65. The SMILES string of the molecule is CC(C)(C)C1(NO)C(P(C2=CN(NO)C(NO)=C(C(F)(F)F)C2(NO)C(C)(C)C)C(c2ccccc2)c2ccccc2)=CN(NO)C(NO)=C1C(F)(F)F. The van der Waals surface area contributed by atoms with Crippen LogP contribution in [-0.2, 0) is 0 Å². The Morgan fingerprint density at radius 3 is 1.09 bits per heavy atom. The van der Waals surface area contributed by atoms with Crippen LogP contribution >= 0.6 is 7.92 Å². The summed E-state index contributed by atoms with van der Waals surface area (Å²) in [4.78, 5) is 0. The summed E-state index contributed by atoms with van der Waals surface area (Å²) in [5.74, 6) is -2.42. The second-order valence-electron chi connectivity index (χ2n) is 14.5. The summed E-state index contributed by atoms with van der Waals surface area (Å²) in [5.41, 5.74) is -3.76. The van der Waals surface area contributed by atoms with Gasteiger partial charge in [-0.05, 0) is 29.9 Å². The van der Waals surface area contributed by atoms with Crippen molar-refractivity contribution >= 4 is 7.92 Å². The maximum Gasteiger partial charge on any atom is 0.418 e. The van der Waals surface area contributed by atoms with E-state index in [0.29, 0.717) is 21.1 Å². The molecule has 54 heavy (non-hydrogen) atoms. The molecular weight excluding hydrogens is 749 g/mol. The number of alkyl halides is 6. The fourth-order valence-electron chi connectivity index (χ4n) is 7.23. The Bertz CT molecular complexity index is 1660. The van der Waals surface area contributed by atoms with Gasteiger partial charge in [-0.25, -0.2) is 10.0 Å². The van der Waals surface area contributed by atoms with Crippen LogP contribution in [0.3, 0.4) is 0 Å². The summed E-state index contributed by atoms with van der Waals surface area (Å²) in [5, 5.41) is 62.9. The van der Waals surface area contributed by atoms with E-state index in [4.69, 9.17) is 0 Å². The maximum atomic E-state index is 15.6. The van der Waals surface area contributed by atoms with Gasteiger partial charge in [0.2, 0.25) is 0 Å². The molecule has 0 amide bonds. The van der Waals surface area contributed by atoms with E-state index >= 15 is 26.3 Å². The molecule has 0 fully saturated rings. The van der Waals surface area contributed by atoms with Crippen LogP contribution in [0.25, 0.3) is 0 Å². The lowest BCUT2D eigenvalue weighted by Gasteiger charge is -2.57. The number of hydrogen-bond acceptors (Lipinski definition) is 14. The zero-order chi connectivity index (χ0) is 40.7. The van der Waals surface area contributed by atoms with Gasteiger partial charge in [-0.1, -0.05) is 102 Å². The normalized spacial score (nSPS) is 22.4. The van der Waals surface area contributed by atoms with E-state index in [1.807, 2.05) is 11.0 Å². The Morgan fingerprint density at radius 2 is 0.870 bits per heavy atom. The van der Waals surface area contributed by atoms with Crippen LogP contribution in [-0.4, -0.2) is 64.7 Å². The van der Waals surface area contributed by atoms with Crippen molar-refractivity contribution < 1.29 is 57.6 Å². The predicted octanol–water partition coefficient (Wildman–Crippen LogP) is 6.39. The third-order valence-electron chi connectivity index (χ3n) is 9.56. The first kappa shape index (κ1) is 42.9. The van der Waals surface area contributed by atoms with Crippen LogP contribution in [0, 0.1) is 10.8 Å². The van der Waals surface area contributed by atoms with Crippen molar-refractivity contribution in [3.8, 4) is 0 Å². The number of hydrazine groups is 2. The zero-order valence-electron chi connectivity index (χ0n) is 29.8. The summed E-state index contributed by atoms with van der Waals surface area (Å²) in [6, 6.07) is 16.0. The molecule has 2 unspecified atom stereocenters. The minimum absolute atomic E-state index is 0.333. The Hall–Kier alpha value is -3.79. The Labute approximate surface area is 307 Å². The molecule has 21 heteroatoms. The highest BCUT2D eigenvalue weighted by molar-refractivity contribution is 7.67. The minimum Gasteiger partial charge on any atom is -0.316 e. The molecule has 4 rings (SSSR count). The summed E-state index contributed by atoms with van der Waals surface area (Å²) in [7, 11) is -2.98. The first-order valence-electron chi connectivity index (χ1n) is 16.1. The van der Waals surface area contributed by atoms with Gasteiger partial charge < -0.3 is 10.4 Å². The smallest absolute Gasteiger partial charge is 0.316 e. The quantitative estimate of drug-likeness (QED) is 0.0679. The van der Waals surface area contributed by atoms with E-state index in [1.165, 1.54) is 52.5 Å². The van der Waals surface area contributed by atoms with Gasteiger partial charge in [0.15, 0.2) is 11.6 Å². The molecule has 0 bridgehead atoms. The Balaban J connectivity index is 2.42. The van der Waals surface area contributed by atoms with Crippen molar-refractivity contribution in [3.05, 3.63) is 118 Å². The molecule has 298 valence electrons. The topological polar surface area (TPSA) is 200 Å². The highest BCUT2D eigenvalue weighted by Gasteiger charge is 2.67. The largest absolute Gasteiger partial charge is 0.418 e. The Kier molecular flexibility index (Phi) is 12.2. The Morgan fingerprint density at radius 1 is 0.556 bits per heavy atom. The molecule has 12 N–H and O–H groups in total. The van der Waals surface area contributed by atoms with Gasteiger partial charge in [0.05, 0.1) is 0 Å². The third kappa shape index (κ3) is 6.96. The van der Waals surface area contributed by atoms with Crippen molar-refractivity contribution in [1.82, 2.24) is 43.1 Å². The molecule has 0 aromatic heterocycles. The number of rotatable bonds is 11. The van der Waals surface area contributed by atoms with Gasteiger partial charge in [0.1, 0.15) is 22.2 Å². The summed E-state index contributed by atoms with van der Waals surface area (Å²) < 4.78 is 93.8. The molecular formula is C33H43F6N8O6P. The van der Waals surface area contributed by atoms with Crippen LogP contribution in [0.15, 0.2) is 106 Å². The van der Waals surface area contributed by atoms with Crippen LogP contribution in [0.5, 0.6) is 0 Å². The first-order valence-corrected chi connectivity index (χ1v) is 17.5. The van der Waals surface area contributed by atoms with Crippen molar-refractivity contribution in [1.29, 1.82) is 0 Å². The lowest BCUT2D eigenvalue weighted by atomic mass is 9.67. The highest BCUT2D eigenvalue weighted by Crippen LogP contribution is 2.76. The molecule has 14 nitrogen and oxygen atoms in total. The highest BCUT2D eigenvalue weighted by atomic mass is 31.1. The molecule has 0 saturated heterocycles. The third-order valence-corrected chi connectivity index (χ3v) is 12.6. The molecule has 2 heterocycles. The molecule has 0 radical (unpaired) electrons. The number of hydrogen-bond donors (Lipinski definition) is 12. The standard InChI is InChI=1S/C33H43F6N8O6P/c1-28(2,3)30(42-50)21(17-46(44-52)26(40-48)24(30)32(34,35)36)54(23(19-13-9-7-10-14-19)20-15-11-8-12-16-20)22-18-47(45-53)27(41-49)25(33(37,38)39)31(22,43-51)29(4,5)6/h7-18,23,40-45,48-53H,1-6H3. The number of benzene rings is 2. The van der Waals surface area contributed by atoms with Crippen molar-refractivity contribution in [2.45, 2.75) is 70.6 Å². The second-order valence-corrected chi connectivity index (χ2v) is 16.7. The number of nitrogens with zero attached hydrogens (tertiary/aromatic N) is 2. The molecule has 2 atom stereocenters. The lowest BCUT2D eigenvalue weighted by molar-refractivity contribution is -0.125. The first-order chi connectivity index (χ1) is 25.1. The molecule has 2 aliphatic rings. The molecule has 0 saturated carbocycles. The second kappa shape index (κ2) is 15.4. The maximum absolute atomic E-state index is 15.6. The number of nitrogens with one attached hydrogen (secondary N) is 6. The van der Waals surface area contributed by atoms with Crippen LogP contribution in [0.1, 0.15) is 58.3 Å². The number of halogens is 6. The molecule has 0 aliphatic carbocycles. The average molecular weight is 793 g/mol. The minimum atomic E-state index is -5.46. The summed E-state index contributed by atoms with van der Waals surface area (Å²) in [6.45, 7) is 7.79. The van der Waals surface area contributed by atoms with E-state index < -0.39 is 81.3 Å². The van der Waals surface area contributed by atoms with Crippen LogP contribution in [0.4, 0.5) is 26.3 Å². The van der Waals surface area contributed by atoms with E-state index in [-0.39, 0.29) is 0 Å². The molecule has 2 aliphatic heterocycles. The van der Waals surface area contributed by atoms with E-state index in [1.54, 1.807) is 71.8 Å². The summed E-state index contributed by atoms with van der Waals surface area (Å²) >= 11 is 0. The van der Waals surface area contributed by atoms with Gasteiger partial charge in [-0.2, -0.15) is 37.3 Å². The molecule has 2 aromatic carbocycles. The molecule has 0 spiro atoms. The van der Waals surface area contributed by atoms with Crippen molar-refractivity contribution in [2.75, 3.05) is 0 Å². The van der Waals surface area contributed by atoms with E-state index in [9.17, 15) is 31.2 Å². The van der Waals surface area contributed by atoms with Crippen LogP contribution < -0.4 is 33.1 Å². The van der Waals surface area contributed by atoms with Gasteiger partial charge in [0.25, 0.3) is 0 Å². The predicted molar refractivity (Wildman–Crippen MR) is 182 cm³/mol. The monoisotopic (exact) mass is 792 g/mol. The van der Waals surface area contributed by atoms with Gasteiger partial charge in [0, 0.05) is 28.7 Å². The van der Waals surface area contributed by atoms with Crippen LogP contribution in [0.2, 0.25) is 0 Å². The average Bonchev–Trinajstić information content (AvgIpc) is 3.10. The number of hydroxylamine groups is 4.